The number of anilines is 1. The van der Waals surface area contributed by atoms with Gasteiger partial charge in [0, 0.05) is 17.1 Å². The predicted octanol–water partition coefficient (Wildman–Crippen LogP) is 4.41. The number of halogens is 1. The first-order valence-corrected chi connectivity index (χ1v) is 8.70. The number of nitrogens with one attached hydrogen (secondary N) is 1. The van der Waals surface area contributed by atoms with Crippen LogP contribution in [-0.2, 0) is 16.1 Å². The van der Waals surface area contributed by atoms with E-state index in [0.29, 0.717) is 30.0 Å². The number of carbonyl (C=O) groups excluding carboxylic acids is 2. The Balaban J connectivity index is 2.23. The third-order valence-corrected chi connectivity index (χ3v) is 3.88. The van der Waals surface area contributed by atoms with Crippen molar-refractivity contribution in [3.8, 4) is 0 Å². The van der Waals surface area contributed by atoms with Crippen molar-refractivity contribution in [3.05, 3.63) is 63.6 Å². The SMILES string of the molecule is CCCOC(=O)c1cc(Br)ccc1NC(=O)c1cccc(COC)c1. The Bertz CT molecular complexity index is 761. The van der Waals surface area contributed by atoms with Gasteiger partial charge in [0.25, 0.3) is 5.91 Å². The topological polar surface area (TPSA) is 64.6 Å². The zero-order valence-corrected chi connectivity index (χ0v) is 15.8. The minimum absolute atomic E-state index is 0.301. The van der Waals surface area contributed by atoms with E-state index in [0.717, 1.165) is 16.5 Å². The van der Waals surface area contributed by atoms with Crippen molar-refractivity contribution in [2.45, 2.75) is 20.0 Å². The molecule has 0 aromatic heterocycles. The normalized spacial score (nSPS) is 10.4. The maximum absolute atomic E-state index is 12.5. The van der Waals surface area contributed by atoms with Crippen molar-refractivity contribution in [2.24, 2.45) is 0 Å². The summed E-state index contributed by atoms with van der Waals surface area (Å²) in [6, 6.07) is 12.2. The van der Waals surface area contributed by atoms with Gasteiger partial charge in [0.1, 0.15) is 0 Å². The Hall–Kier alpha value is -2.18. The van der Waals surface area contributed by atoms with Crippen molar-refractivity contribution in [1.29, 1.82) is 0 Å². The van der Waals surface area contributed by atoms with Crippen molar-refractivity contribution in [3.63, 3.8) is 0 Å². The smallest absolute Gasteiger partial charge is 0.340 e. The molecule has 0 unspecified atom stereocenters. The Morgan fingerprint density at radius 1 is 1.16 bits per heavy atom. The fourth-order valence-electron chi connectivity index (χ4n) is 2.23. The summed E-state index contributed by atoms with van der Waals surface area (Å²) in [6.45, 7) is 2.68. The van der Waals surface area contributed by atoms with Gasteiger partial charge in [0.2, 0.25) is 0 Å². The summed E-state index contributed by atoms with van der Waals surface area (Å²) in [5.74, 6) is -0.767. The highest BCUT2D eigenvalue weighted by Crippen LogP contribution is 2.23. The summed E-state index contributed by atoms with van der Waals surface area (Å²) in [5, 5.41) is 2.78. The van der Waals surface area contributed by atoms with Gasteiger partial charge >= 0.3 is 5.97 Å². The standard InChI is InChI=1S/C19H20BrNO4/c1-3-9-25-19(23)16-11-15(20)7-8-17(16)21-18(22)14-6-4-5-13(10-14)12-24-2/h4-8,10-11H,3,9,12H2,1-2H3,(H,21,22). The van der Waals surface area contributed by atoms with E-state index in [2.05, 4.69) is 21.2 Å². The van der Waals surface area contributed by atoms with Crippen LogP contribution in [0.3, 0.4) is 0 Å². The van der Waals surface area contributed by atoms with E-state index in [1.807, 2.05) is 13.0 Å². The van der Waals surface area contributed by atoms with Crippen LogP contribution in [-0.4, -0.2) is 25.6 Å². The van der Waals surface area contributed by atoms with Crippen LogP contribution in [0.1, 0.15) is 39.6 Å². The van der Waals surface area contributed by atoms with Crippen LogP contribution in [0.15, 0.2) is 46.9 Å². The predicted molar refractivity (Wildman–Crippen MR) is 99.8 cm³/mol. The molecular weight excluding hydrogens is 386 g/mol. The van der Waals surface area contributed by atoms with Gasteiger partial charge < -0.3 is 14.8 Å². The molecule has 2 aromatic rings. The first kappa shape index (κ1) is 19.1. The molecule has 6 heteroatoms. The summed E-state index contributed by atoms with van der Waals surface area (Å²) in [6.07, 6.45) is 0.730. The molecule has 0 atom stereocenters. The number of ether oxygens (including phenoxy) is 2. The summed E-state index contributed by atoms with van der Waals surface area (Å²) in [5.41, 5.74) is 2.11. The maximum atomic E-state index is 12.5. The molecule has 0 spiro atoms. The lowest BCUT2D eigenvalue weighted by molar-refractivity contribution is 0.0506. The first-order chi connectivity index (χ1) is 12.0. The molecule has 0 fully saturated rings. The number of amides is 1. The van der Waals surface area contributed by atoms with Crippen LogP contribution in [0.5, 0.6) is 0 Å². The quantitative estimate of drug-likeness (QED) is 0.692. The minimum atomic E-state index is -0.466. The second-order valence-corrected chi connectivity index (χ2v) is 6.33. The number of hydrogen-bond donors (Lipinski definition) is 1. The van der Waals surface area contributed by atoms with Gasteiger partial charge in [-0.15, -0.1) is 0 Å². The molecule has 5 nitrogen and oxygen atoms in total. The van der Waals surface area contributed by atoms with Crippen molar-refractivity contribution < 1.29 is 19.1 Å². The highest BCUT2D eigenvalue weighted by Gasteiger charge is 2.16. The molecule has 1 amide bonds. The maximum Gasteiger partial charge on any atom is 0.340 e. The van der Waals surface area contributed by atoms with Crippen LogP contribution < -0.4 is 5.32 Å². The fourth-order valence-corrected chi connectivity index (χ4v) is 2.59. The van der Waals surface area contributed by atoms with E-state index in [9.17, 15) is 9.59 Å². The number of esters is 1. The third kappa shape index (κ3) is 5.41. The van der Waals surface area contributed by atoms with Gasteiger partial charge in [0.15, 0.2) is 0 Å². The van der Waals surface area contributed by atoms with Gasteiger partial charge in [-0.25, -0.2) is 4.79 Å². The molecule has 25 heavy (non-hydrogen) atoms. The number of benzene rings is 2. The fraction of sp³-hybridized carbons (Fsp3) is 0.263. The van der Waals surface area contributed by atoms with E-state index in [4.69, 9.17) is 9.47 Å². The molecule has 0 saturated heterocycles. The van der Waals surface area contributed by atoms with E-state index in [1.54, 1.807) is 43.5 Å². The van der Waals surface area contributed by atoms with Gasteiger partial charge in [0.05, 0.1) is 24.5 Å². The molecule has 0 aliphatic rings. The zero-order valence-electron chi connectivity index (χ0n) is 14.2. The lowest BCUT2D eigenvalue weighted by Gasteiger charge is -2.12. The van der Waals surface area contributed by atoms with Crippen molar-refractivity contribution in [2.75, 3.05) is 19.0 Å². The number of methoxy groups -OCH3 is 1. The number of hydrogen-bond acceptors (Lipinski definition) is 4. The van der Waals surface area contributed by atoms with E-state index < -0.39 is 5.97 Å². The third-order valence-electron chi connectivity index (χ3n) is 3.39. The van der Waals surface area contributed by atoms with Crippen molar-refractivity contribution >= 4 is 33.5 Å². The van der Waals surface area contributed by atoms with Gasteiger partial charge in [-0.3, -0.25) is 4.79 Å². The van der Waals surface area contributed by atoms with Crippen LogP contribution in [0.2, 0.25) is 0 Å². The van der Waals surface area contributed by atoms with Gasteiger partial charge in [-0.1, -0.05) is 35.0 Å². The molecule has 2 aromatic carbocycles. The summed E-state index contributed by atoms with van der Waals surface area (Å²) in [7, 11) is 1.60. The minimum Gasteiger partial charge on any atom is -0.462 e. The molecule has 0 bridgehead atoms. The Labute approximate surface area is 155 Å². The first-order valence-electron chi connectivity index (χ1n) is 7.91. The summed E-state index contributed by atoms with van der Waals surface area (Å²) < 4.78 is 11.0. The lowest BCUT2D eigenvalue weighted by atomic mass is 10.1. The molecule has 0 radical (unpaired) electrons. The second kappa shape index (κ2) is 9.34. The average molecular weight is 406 g/mol. The Morgan fingerprint density at radius 3 is 2.68 bits per heavy atom. The summed E-state index contributed by atoms with van der Waals surface area (Å²) >= 11 is 3.34. The molecule has 1 N–H and O–H groups in total. The molecule has 2 rings (SSSR count). The van der Waals surface area contributed by atoms with Crippen LogP contribution in [0.25, 0.3) is 0 Å². The lowest BCUT2D eigenvalue weighted by Crippen LogP contribution is -2.16. The molecule has 132 valence electrons. The van der Waals surface area contributed by atoms with Gasteiger partial charge in [-0.2, -0.15) is 0 Å². The molecule has 0 heterocycles. The van der Waals surface area contributed by atoms with E-state index >= 15 is 0 Å². The molecule has 0 aliphatic carbocycles. The molecule has 0 saturated carbocycles. The van der Waals surface area contributed by atoms with Crippen LogP contribution in [0.4, 0.5) is 5.69 Å². The highest BCUT2D eigenvalue weighted by atomic mass is 79.9. The zero-order chi connectivity index (χ0) is 18.2. The summed E-state index contributed by atoms with van der Waals surface area (Å²) in [4.78, 5) is 24.8. The van der Waals surface area contributed by atoms with Crippen LogP contribution in [0, 0.1) is 0 Å². The number of rotatable bonds is 7. The van der Waals surface area contributed by atoms with Crippen molar-refractivity contribution in [1.82, 2.24) is 0 Å². The Kier molecular flexibility index (Phi) is 7.16. The average Bonchev–Trinajstić information content (AvgIpc) is 2.61. The Morgan fingerprint density at radius 2 is 1.96 bits per heavy atom. The van der Waals surface area contributed by atoms with E-state index in [-0.39, 0.29) is 5.91 Å². The molecule has 0 aliphatic heterocycles. The second-order valence-electron chi connectivity index (χ2n) is 5.41. The largest absolute Gasteiger partial charge is 0.462 e. The molecular formula is C19H20BrNO4. The highest BCUT2D eigenvalue weighted by molar-refractivity contribution is 9.10. The van der Waals surface area contributed by atoms with Crippen LogP contribution >= 0.6 is 15.9 Å². The van der Waals surface area contributed by atoms with E-state index in [1.165, 1.54) is 0 Å². The van der Waals surface area contributed by atoms with Gasteiger partial charge in [-0.05, 0) is 42.3 Å². The monoisotopic (exact) mass is 405 g/mol. The number of carbonyl (C=O) groups is 2.